The van der Waals surface area contributed by atoms with E-state index in [9.17, 15) is 5.11 Å². The van der Waals surface area contributed by atoms with Crippen LogP contribution in [0.1, 0.15) is 5.56 Å². The van der Waals surface area contributed by atoms with Gasteiger partial charge in [-0.1, -0.05) is 12.1 Å². The Morgan fingerprint density at radius 3 is 2.27 bits per heavy atom. The van der Waals surface area contributed by atoms with E-state index >= 15 is 0 Å². The molecule has 1 aliphatic rings. The standard InChI is InChI=1S/C17H20IN3O/c18-15-3-1-14(2-4-15)13-17(22)21-11-9-20(10-12-21)16-5-7-19-8-6-16/h1-8,17,22H,9-13H2. The van der Waals surface area contributed by atoms with Crippen molar-refractivity contribution in [2.24, 2.45) is 0 Å². The Bertz CT molecular complexity index is 583. The van der Waals surface area contributed by atoms with E-state index in [1.807, 2.05) is 24.5 Å². The van der Waals surface area contributed by atoms with Gasteiger partial charge in [-0.3, -0.25) is 9.88 Å². The van der Waals surface area contributed by atoms with E-state index in [1.54, 1.807) is 0 Å². The molecule has 22 heavy (non-hydrogen) atoms. The average molecular weight is 409 g/mol. The maximum atomic E-state index is 10.4. The number of benzene rings is 1. The summed E-state index contributed by atoms with van der Waals surface area (Å²) in [5.74, 6) is 0. The van der Waals surface area contributed by atoms with Crippen molar-refractivity contribution >= 4 is 28.3 Å². The van der Waals surface area contributed by atoms with Gasteiger partial charge in [0.1, 0.15) is 6.23 Å². The van der Waals surface area contributed by atoms with Crippen LogP contribution in [-0.2, 0) is 6.42 Å². The molecule has 2 heterocycles. The SMILES string of the molecule is OC(Cc1ccc(I)cc1)N1CCN(c2ccncc2)CC1. The van der Waals surface area contributed by atoms with Crippen molar-refractivity contribution in [3.05, 3.63) is 57.9 Å². The number of aliphatic hydroxyl groups is 1. The molecule has 1 aliphatic heterocycles. The second kappa shape index (κ2) is 7.39. The van der Waals surface area contributed by atoms with Crippen molar-refractivity contribution in [2.45, 2.75) is 12.6 Å². The summed E-state index contributed by atoms with van der Waals surface area (Å²) in [4.78, 5) is 8.56. The second-order valence-electron chi connectivity index (χ2n) is 5.54. The molecule has 1 unspecified atom stereocenters. The normalized spacial score (nSPS) is 17.5. The number of nitrogens with zero attached hydrogens (tertiary/aromatic N) is 3. The zero-order chi connectivity index (χ0) is 15.4. The van der Waals surface area contributed by atoms with E-state index in [4.69, 9.17) is 0 Å². The predicted octanol–water partition coefficient (Wildman–Crippen LogP) is 2.37. The van der Waals surface area contributed by atoms with Crippen molar-refractivity contribution in [2.75, 3.05) is 31.1 Å². The highest BCUT2D eigenvalue weighted by atomic mass is 127. The fraction of sp³-hybridized carbons (Fsp3) is 0.353. The van der Waals surface area contributed by atoms with Crippen LogP contribution >= 0.6 is 22.6 Å². The van der Waals surface area contributed by atoms with Crippen molar-refractivity contribution in [3.8, 4) is 0 Å². The van der Waals surface area contributed by atoms with Gasteiger partial charge in [-0.2, -0.15) is 0 Å². The molecule has 1 aromatic heterocycles. The molecule has 3 rings (SSSR count). The van der Waals surface area contributed by atoms with Crippen LogP contribution in [0.3, 0.4) is 0 Å². The molecular weight excluding hydrogens is 389 g/mol. The van der Waals surface area contributed by atoms with Gasteiger partial charge < -0.3 is 10.0 Å². The number of aromatic nitrogens is 1. The molecule has 1 fully saturated rings. The molecule has 0 bridgehead atoms. The van der Waals surface area contributed by atoms with Gasteiger partial charge in [-0.15, -0.1) is 0 Å². The minimum atomic E-state index is -0.403. The van der Waals surface area contributed by atoms with E-state index in [1.165, 1.54) is 14.8 Å². The summed E-state index contributed by atoms with van der Waals surface area (Å²) in [7, 11) is 0. The summed E-state index contributed by atoms with van der Waals surface area (Å²) in [6, 6.07) is 12.4. The molecule has 2 aromatic rings. The maximum absolute atomic E-state index is 10.4. The number of rotatable bonds is 4. The first-order valence-corrected chi connectivity index (χ1v) is 8.62. The maximum Gasteiger partial charge on any atom is 0.111 e. The summed E-state index contributed by atoms with van der Waals surface area (Å²) in [5.41, 5.74) is 2.39. The zero-order valence-electron chi connectivity index (χ0n) is 12.4. The number of hydrogen-bond acceptors (Lipinski definition) is 4. The summed E-state index contributed by atoms with van der Waals surface area (Å²) >= 11 is 2.30. The topological polar surface area (TPSA) is 39.6 Å². The first-order valence-electron chi connectivity index (χ1n) is 7.54. The van der Waals surface area contributed by atoms with Gasteiger partial charge in [-0.05, 0) is 52.4 Å². The summed E-state index contributed by atoms with van der Waals surface area (Å²) in [6.45, 7) is 3.64. The third-order valence-electron chi connectivity index (χ3n) is 4.10. The molecular formula is C17H20IN3O. The molecule has 1 atom stereocenters. The minimum Gasteiger partial charge on any atom is -0.378 e. The molecule has 0 saturated carbocycles. The molecule has 1 saturated heterocycles. The molecule has 0 aliphatic carbocycles. The highest BCUT2D eigenvalue weighted by molar-refractivity contribution is 14.1. The molecule has 4 nitrogen and oxygen atoms in total. The number of hydrogen-bond donors (Lipinski definition) is 1. The first kappa shape index (κ1) is 15.7. The zero-order valence-corrected chi connectivity index (χ0v) is 14.6. The summed E-state index contributed by atoms with van der Waals surface area (Å²) < 4.78 is 1.22. The van der Waals surface area contributed by atoms with Crippen LogP contribution in [0.2, 0.25) is 0 Å². The molecule has 1 aromatic carbocycles. The van der Waals surface area contributed by atoms with Gasteiger partial charge in [0, 0.05) is 54.3 Å². The van der Waals surface area contributed by atoms with Crippen molar-refractivity contribution in [3.63, 3.8) is 0 Å². The molecule has 0 radical (unpaired) electrons. The van der Waals surface area contributed by atoms with Crippen molar-refractivity contribution in [1.82, 2.24) is 9.88 Å². The van der Waals surface area contributed by atoms with Gasteiger partial charge in [0.15, 0.2) is 0 Å². The highest BCUT2D eigenvalue weighted by Crippen LogP contribution is 2.17. The first-order chi connectivity index (χ1) is 10.7. The summed E-state index contributed by atoms with van der Waals surface area (Å²) in [6.07, 6.45) is 3.94. The smallest absolute Gasteiger partial charge is 0.111 e. The van der Waals surface area contributed by atoms with Crippen LogP contribution in [0.15, 0.2) is 48.8 Å². The van der Waals surface area contributed by atoms with E-state index in [0.29, 0.717) is 6.42 Å². The highest BCUT2D eigenvalue weighted by Gasteiger charge is 2.22. The number of aliphatic hydroxyl groups excluding tert-OH is 1. The monoisotopic (exact) mass is 409 g/mol. The van der Waals surface area contributed by atoms with Crippen molar-refractivity contribution < 1.29 is 5.11 Å². The number of anilines is 1. The molecule has 116 valence electrons. The van der Waals surface area contributed by atoms with Gasteiger partial charge >= 0.3 is 0 Å². The largest absolute Gasteiger partial charge is 0.378 e. The van der Waals surface area contributed by atoms with Gasteiger partial charge in [0.25, 0.3) is 0 Å². The lowest BCUT2D eigenvalue weighted by molar-refractivity contribution is 0.00111. The third kappa shape index (κ3) is 3.97. The van der Waals surface area contributed by atoms with Gasteiger partial charge in [0.05, 0.1) is 0 Å². The van der Waals surface area contributed by atoms with Crippen LogP contribution in [0.5, 0.6) is 0 Å². The lowest BCUT2D eigenvalue weighted by atomic mass is 10.1. The number of piperazine rings is 1. The lowest BCUT2D eigenvalue weighted by Crippen LogP contribution is -2.51. The Balaban J connectivity index is 1.53. The average Bonchev–Trinajstić information content (AvgIpc) is 2.58. The van der Waals surface area contributed by atoms with Crippen LogP contribution < -0.4 is 4.90 Å². The van der Waals surface area contributed by atoms with Crippen LogP contribution in [-0.4, -0.2) is 47.4 Å². The third-order valence-corrected chi connectivity index (χ3v) is 4.81. The summed E-state index contributed by atoms with van der Waals surface area (Å²) in [5, 5.41) is 10.4. The molecule has 0 amide bonds. The van der Waals surface area contributed by atoms with Gasteiger partial charge in [0.2, 0.25) is 0 Å². The predicted molar refractivity (Wildman–Crippen MR) is 96.9 cm³/mol. The van der Waals surface area contributed by atoms with E-state index < -0.39 is 6.23 Å². The Hall–Kier alpha value is -1.18. The van der Waals surface area contributed by atoms with Crippen LogP contribution in [0.4, 0.5) is 5.69 Å². The Morgan fingerprint density at radius 1 is 1.00 bits per heavy atom. The Kier molecular flexibility index (Phi) is 5.28. The van der Waals surface area contributed by atoms with E-state index in [-0.39, 0.29) is 0 Å². The minimum absolute atomic E-state index is 0.403. The molecule has 1 N–H and O–H groups in total. The van der Waals surface area contributed by atoms with Crippen molar-refractivity contribution in [1.29, 1.82) is 0 Å². The van der Waals surface area contributed by atoms with E-state index in [0.717, 1.165) is 26.2 Å². The molecule has 0 spiro atoms. The fourth-order valence-electron chi connectivity index (χ4n) is 2.79. The number of halogens is 1. The number of pyridine rings is 1. The Morgan fingerprint density at radius 2 is 1.64 bits per heavy atom. The fourth-order valence-corrected chi connectivity index (χ4v) is 3.15. The quantitative estimate of drug-likeness (QED) is 0.788. The van der Waals surface area contributed by atoms with Crippen LogP contribution in [0.25, 0.3) is 0 Å². The van der Waals surface area contributed by atoms with E-state index in [2.05, 4.69) is 61.6 Å². The van der Waals surface area contributed by atoms with Crippen LogP contribution in [0, 0.1) is 3.57 Å². The van der Waals surface area contributed by atoms with Gasteiger partial charge in [-0.25, -0.2) is 0 Å². The molecule has 5 heteroatoms. The second-order valence-corrected chi connectivity index (χ2v) is 6.79. The lowest BCUT2D eigenvalue weighted by Gasteiger charge is -2.38. The Labute approximate surface area is 144 Å².